The van der Waals surface area contributed by atoms with Crippen LogP contribution in [-0.2, 0) is 4.79 Å². The molecule has 0 atom stereocenters. The van der Waals surface area contributed by atoms with Crippen molar-refractivity contribution in [3.63, 3.8) is 0 Å². The number of hydrogen-bond acceptors (Lipinski definition) is 7. The maximum Gasteiger partial charge on any atom is 0.573 e. The lowest BCUT2D eigenvalue weighted by Crippen LogP contribution is -2.32. The van der Waals surface area contributed by atoms with Gasteiger partial charge >= 0.3 is 6.36 Å². The Balaban J connectivity index is 1.22. The molecule has 2 heterocycles. The highest BCUT2D eigenvalue weighted by Gasteiger charge is 2.33. The minimum absolute atomic E-state index is 0.0233. The molecule has 1 saturated heterocycles. The molecule has 45 heavy (non-hydrogen) atoms. The van der Waals surface area contributed by atoms with E-state index in [1.54, 1.807) is 37.3 Å². The van der Waals surface area contributed by atoms with Crippen LogP contribution in [0.3, 0.4) is 0 Å². The third-order valence-electron chi connectivity index (χ3n) is 6.50. The molecular weight excluding hydrogens is 631 g/mol. The normalized spacial score (nSPS) is 14.6. The fourth-order valence-corrected chi connectivity index (χ4v) is 5.40. The first-order chi connectivity index (χ1) is 21.4. The summed E-state index contributed by atoms with van der Waals surface area (Å²) in [5, 5.41) is 8.96. The summed E-state index contributed by atoms with van der Waals surface area (Å²) in [6, 6.07) is 15.5. The number of rotatable bonds is 7. The molecule has 1 aromatic heterocycles. The molecule has 15 heteroatoms. The van der Waals surface area contributed by atoms with Gasteiger partial charge in [0.1, 0.15) is 17.9 Å². The van der Waals surface area contributed by atoms with Crippen LogP contribution in [0, 0.1) is 12.7 Å². The van der Waals surface area contributed by atoms with Gasteiger partial charge in [-0.2, -0.15) is 10.1 Å². The summed E-state index contributed by atoms with van der Waals surface area (Å²) in [6.07, 6.45) is -1.77. The van der Waals surface area contributed by atoms with Crippen molar-refractivity contribution in [1.29, 1.82) is 0 Å². The number of anilines is 1. The summed E-state index contributed by atoms with van der Waals surface area (Å²) >= 11 is 6.57. The number of nitrogens with zero attached hydrogens (tertiary/aromatic N) is 6. The van der Waals surface area contributed by atoms with E-state index >= 15 is 0 Å². The molecule has 1 aliphatic rings. The fraction of sp³-hybridized carbons (Fsp3) is 0.200. The smallest absolute Gasteiger partial charge is 0.406 e. The molecule has 1 aliphatic heterocycles. The molecule has 0 saturated carbocycles. The van der Waals surface area contributed by atoms with Gasteiger partial charge in [0.05, 0.1) is 23.3 Å². The van der Waals surface area contributed by atoms with E-state index in [2.05, 4.69) is 30.3 Å². The highest BCUT2D eigenvalue weighted by molar-refractivity contribution is 8.15. The highest BCUT2D eigenvalue weighted by Crippen LogP contribution is 2.35. The minimum atomic E-state index is -4.77. The van der Waals surface area contributed by atoms with Gasteiger partial charge in [-0.15, -0.1) is 18.3 Å². The lowest BCUT2D eigenvalue weighted by atomic mass is 9.98. The fourth-order valence-electron chi connectivity index (χ4n) is 4.33. The number of hydrazone groups is 1. The first-order valence-corrected chi connectivity index (χ1v) is 14.8. The predicted molar refractivity (Wildman–Crippen MR) is 169 cm³/mol. The van der Waals surface area contributed by atoms with E-state index in [1.165, 1.54) is 64.2 Å². The Morgan fingerprint density at radius 2 is 1.84 bits per heavy atom. The molecule has 3 aromatic carbocycles. The van der Waals surface area contributed by atoms with E-state index in [0.717, 1.165) is 5.56 Å². The van der Waals surface area contributed by atoms with Gasteiger partial charge in [-0.1, -0.05) is 49.9 Å². The number of halogens is 4. The maximum absolute atomic E-state index is 14.3. The van der Waals surface area contributed by atoms with Crippen LogP contribution in [0.1, 0.15) is 36.5 Å². The van der Waals surface area contributed by atoms with Crippen molar-refractivity contribution in [1.82, 2.24) is 20.2 Å². The number of amidine groups is 1. The molecule has 232 valence electrons. The van der Waals surface area contributed by atoms with E-state index < -0.39 is 6.36 Å². The largest absolute Gasteiger partial charge is 0.573 e. The second-order valence-corrected chi connectivity index (χ2v) is 11.4. The third-order valence-corrected chi connectivity index (χ3v) is 7.61. The molecule has 0 spiro atoms. The second kappa shape index (κ2) is 13.2. The van der Waals surface area contributed by atoms with Crippen LogP contribution in [0.25, 0.3) is 17.1 Å². The van der Waals surface area contributed by atoms with Gasteiger partial charge in [-0.05, 0) is 78.1 Å². The molecule has 9 nitrogen and oxygen atoms in total. The average molecular weight is 656 g/mol. The van der Waals surface area contributed by atoms with E-state index in [9.17, 15) is 22.4 Å². The number of thioether (sulfide) groups is 1. The van der Waals surface area contributed by atoms with Crippen LogP contribution >= 0.6 is 24.0 Å². The van der Waals surface area contributed by atoms with Crippen molar-refractivity contribution < 1.29 is 27.1 Å². The van der Waals surface area contributed by atoms with Crippen LogP contribution in [0.5, 0.6) is 5.75 Å². The Hall–Kier alpha value is -4.63. The zero-order chi connectivity index (χ0) is 32.3. The van der Waals surface area contributed by atoms with Crippen molar-refractivity contribution in [2.24, 2.45) is 10.1 Å². The molecule has 0 bridgehead atoms. The number of carbonyl (C=O) groups is 1. The van der Waals surface area contributed by atoms with E-state index in [1.807, 2.05) is 13.8 Å². The van der Waals surface area contributed by atoms with Crippen molar-refractivity contribution in [2.45, 2.75) is 33.1 Å². The summed E-state index contributed by atoms with van der Waals surface area (Å²) in [4.78, 5) is 22.9. The van der Waals surface area contributed by atoms with Crippen LogP contribution in [-0.4, -0.2) is 49.3 Å². The topological polar surface area (TPSA) is 97.0 Å². The summed E-state index contributed by atoms with van der Waals surface area (Å²) in [5.74, 6) is -0.273. The van der Waals surface area contributed by atoms with Crippen molar-refractivity contribution in [3.8, 4) is 22.8 Å². The van der Waals surface area contributed by atoms with Crippen molar-refractivity contribution in [2.75, 3.05) is 10.7 Å². The monoisotopic (exact) mass is 655 g/mol. The quantitative estimate of drug-likeness (QED) is 0.102. The van der Waals surface area contributed by atoms with Crippen LogP contribution in [0.15, 0.2) is 77.1 Å². The Kier molecular flexibility index (Phi) is 9.29. The predicted octanol–water partition coefficient (Wildman–Crippen LogP) is 6.75. The Morgan fingerprint density at radius 1 is 1.13 bits per heavy atom. The zero-order valence-electron chi connectivity index (χ0n) is 24.0. The van der Waals surface area contributed by atoms with E-state index in [4.69, 9.17) is 12.2 Å². The lowest BCUT2D eigenvalue weighted by Gasteiger charge is -2.22. The van der Waals surface area contributed by atoms with Gasteiger partial charge in [0.25, 0.3) is 0 Å². The number of thiocarbonyl (C=S) groups is 1. The summed E-state index contributed by atoms with van der Waals surface area (Å²) < 4.78 is 56.8. The number of ether oxygens (including phenoxy) is 1. The molecule has 4 aromatic rings. The molecule has 5 rings (SSSR count). The Bertz CT molecular complexity index is 1790. The number of benzene rings is 3. The van der Waals surface area contributed by atoms with Gasteiger partial charge in [0, 0.05) is 5.56 Å². The molecule has 1 fully saturated rings. The number of alkyl halides is 3. The van der Waals surface area contributed by atoms with Gasteiger partial charge in [-0.3, -0.25) is 15.1 Å². The number of amides is 1. The second-order valence-electron chi connectivity index (χ2n) is 10.1. The van der Waals surface area contributed by atoms with Crippen LogP contribution in [0.2, 0.25) is 0 Å². The van der Waals surface area contributed by atoms with Gasteiger partial charge in [-0.25, -0.2) is 14.1 Å². The average Bonchev–Trinajstić information content (AvgIpc) is 3.61. The van der Waals surface area contributed by atoms with E-state index in [0.29, 0.717) is 39.1 Å². The number of aliphatic imine (C=N–C) groups is 1. The third kappa shape index (κ3) is 7.72. The van der Waals surface area contributed by atoms with Gasteiger partial charge in [0.15, 0.2) is 11.0 Å². The first kappa shape index (κ1) is 31.8. The van der Waals surface area contributed by atoms with Gasteiger partial charge < -0.3 is 4.74 Å². The zero-order valence-corrected chi connectivity index (χ0v) is 25.7. The van der Waals surface area contributed by atoms with E-state index in [-0.39, 0.29) is 34.3 Å². The molecule has 0 radical (unpaired) electrons. The summed E-state index contributed by atoms with van der Waals surface area (Å²) in [7, 11) is 0. The lowest BCUT2D eigenvalue weighted by molar-refractivity contribution is -0.274. The van der Waals surface area contributed by atoms with Crippen molar-refractivity contribution >= 4 is 52.1 Å². The van der Waals surface area contributed by atoms with Gasteiger partial charge in [0.2, 0.25) is 11.0 Å². The summed E-state index contributed by atoms with van der Waals surface area (Å²) in [5.41, 5.74) is 6.33. The molecular formula is C30H25F4N7O2S2. The highest BCUT2D eigenvalue weighted by atomic mass is 32.2. The first-order valence-electron chi connectivity index (χ1n) is 13.4. The number of nitrogens with one attached hydrogen (secondary N) is 1. The van der Waals surface area contributed by atoms with Crippen molar-refractivity contribution in [3.05, 3.63) is 89.5 Å². The molecule has 1 amide bonds. The Morgan fingerprint density at radius 3 is 2.51 bits per heavy atom. The van der Waals surface area contributed by atoms with Crippen LogP contribution in [0.4, 0.5) is 23.2 Å². The minimum Gasteiger partial charge on any atom is -0.406 e. The Labute approximate surface area is 265 Å². The molecule has 0 aliphatic carbocycles. The van der Waals surface area contributed by atoms with Crippen LogP contribution < -0.4 is 15.1 Å². The number of aromatic nitrogens is 3. The summed E-state index contributed by atoms with van der Waals surface area (Å²) in [6.45, 7) is 5.50. The maximum atomic E-state index is 14.3. The standard InChI is InChI=1S/C30H25F4N7O2S2/c1-17(2)23-13-24(31)18(3)12-25(23)41-26(42)15-45-29(41)37-28(44)38-36-14-19-4-6-20(7-5-19)27-35-16-40(39-27)21-8-10-22(11-9-21)43-30(32,33)34/h4-14,16-17H,15H2,1-3H3,(H,38,44)/b36-14+,37-29?. The molecule has 1 N–H and O–H groups in total. The molecule has 0 unspecified atom stereocenters. The number of carbonyl (C=O) groups excluding carboxylic acids is 1. The number of hydrogen-bond donors (Lipinski definition) is 1. The SMILES string of the molecule is Cc1cc(N2C(=O)CSC2=NC(=S)N/N=C/c2ccc(-c3ncn(-c4ccc(OC(F)(F)F)cc4)n3)cc2)c(C(C)C)cc1F. The number of aryl methyl sites for hydroxylation is 1.